The third-order valence-electron chi connectivity index (χ3n) is 6.29. The van der Waals surface area contributed by atoms with Crippen LogP contribution in [-0.2, 0) is 9.47 Å². The van der Waals surface area contributed by atoms with Crippen LogP contribution in [0, 0.1) is 0 Å². The molecule has 1 fully saturated rings. The standard InChI is InChI=1S/C25H35N2.C4H8O.C4H10O.Bi.2BrH/c1-16(2)20-11-9-12-21(17(3)4)24(20)26-15-27-25-22(18(5)6)13-10-14-23(25)19(7)8;1-2-4-5-3-1;1-3-5-4-2;;;/h9-19H,1-8H3;1-4H2;3-4H2,1-2H3;;2*1H/q-1;;;+3;;/p-2. The molecule has 0 amide bonds. The Bertz CT molecular complexity index is 869. The average molecular weight is 879 g/mol. The van der Waals surface area contributed by atoms with Crippen molar-refractivity contribution in [3.8, 4) is 0 Å². The van der Waals surface area contributed by atoms with Crippen LogP contribution < -0.4 is 34.0 Å². The van der Waals surface area contributed by atoms with Crippen molar-refractivity contribution in [2.75, 3.05) is 26.4 Å². The van der Waals surface area contributed by atoms with Crippen molar-refractivity contribution in [3.05, 3.63) is 64.0 Å². The summed E-state index contributed by atoms with van der Waals surface area (Å²) in [5.74, 6) is 1.74. The van der Waals surface area contributed by atoms with Crippen LogP contribution in [0.15, 0.2) is 41.4 Å². The van der Waals surface area contributed by atoms with Crippen molar-refractivity contribution in [2.24, 2.45) is 4.99 Å². The van der Waals surface area contributed by atoms with E-state index in [0.717, 1.165) is 37.8 Å². The Labute approximate surface area is 286 Å². The molecule has 2 aromatic rings. The molecule has 0 aliphatic carbocycles. The van der Waals surface area contributed by atoms with E-state index in [2.05, 4.69) is 91.8 Å². The summed E-state index contributed by atoms with van der Waals surface area (Å²) in [5.41, 5.74) is 7.31. The summed E-state index contributed by atoms with van der Waals surface area (Å²) >= 11 is 0. The Morgan fingerprint density at radius 2 is 1.10 bits per heavy atom. The molecule has 1 aliphatic rings. The largest absolute Gasteiger partial charge is 3.00 e. The fraction of sp³-hybridized carbons (Fsp3) is 0.606. The van der Waals surface area contributed by atoms with E-state index >= 15 is 0 Å². The topological polar surface area (TPSA) is 44.9 Å². The molecule has 2 radical (unpaired) electrons. The molecule has 0 bridgehead atoms. The molecule has 1 saturated heterocycles. The smallest absolute Gasteiger partial charge is 1.00 e. The van der Waals surface area contributed by atoms with Crippen molar-refractivity contribution in [1.82, 2.24) is 0 Å². The van der Waals surface area contributed by atoms with E-state index in [4.69, 9.17) is 19.8 Å². The fourth-order valence-corrected chi connectivity index (χ4v) is 4.18. The van der Waals surface area contributed by atoms with E-state index in [1.807, 2.05) is 13.8 Å². The van der Waals surface area contributed by atoms with E-state index in [0.29, 0.717) is 23.7 Å². The first kappa shape index (κ1) is 44.1. The molecule has 226 valence electrons. The van der Waals surface area contributed by atoms with Crippen LogP contribution in [0.5, 0.6) is 0 Å². The molecule has 0 N–H and O–H groups in total. The Morgan fingerprint density at radius 3 is 1.38 bits per heavy atom. The van der Waals surface area contributed by atoms with E-state index < -0.39 is 0 Å². The van der Waals surface area contributed by atoms with Gasteiger partial charge in [0.25, 0.3) is 0 Å². The minimum absolute atomic E-state index is 0. The second-order valence-electron chi connectivity index (χ2n) is 10.7. The first-order chi connectivity index (χ1) is 17.6. The van der Waals surface area contributed by atoms with Gasteiger partial charge in [-0.25, -0.2) is 0 Å². The molecule has 2 aromatic carbocycles. The monoisotopic (exact) mass is 876 g/mol. The zero-order chi connectivity index (χ0) is 27.8. The summed E-state index contributed by atoms with van der Waals surface area (Å²) in [5, 5.41) is 4.85. The first-order valence-electron chi connectivity index (χ1n) is 14.3. The molecule has 4 nitrogen and oxygen atoms in total. The molecular formula is C33H53BiBr2N2O2. The van der Waals surface area contributed by atoms with Gasteiger partial charge >= 0.3 is 26.2 Å². The summed E-state index contributed by atoms with van der Waals surface area (Å²) in [4.78, 5) is 4.85. The molecule has 0 spiro atoms. The van der Waals surface area contributed by atoms with Crippen LogP contribution in [0.25, 0.3) is 5.32 Å². The zero-order valence-electron chi connectivity index (χ0n) is 26.5. The zero-order valence-corrected chi connectivity index (χ0v) is 33.2. The summed E-state index contributed by atoms with van der Waals surface area (Å²) in [6.07, 6.45) is 4.32. The third kappa shape index (κ3) is 15.8. The number of benzene rings is 2. The molecule has 1 aliphatic heterocycles. The van der Waals surface area contributed by atoms with E-state index in [-0.39, 0.29) is 60.2 Å². The van der Waals surface area contributed by atoms with Crippen LogP contribution in [0.4, 0.5) is 11.4 Å². The van der Waals surface area contributed by atoms with Crippen LogP contribution >= 0.6 is 0 Å². The van der Waals surface area contributed by atoms with Crippen LogP contribution in [0.2, 0.25) is 0 Å². The van der Waals surface area contributed by atoms with E-state index in [1.54, 1.807) is 6.34 Å². The molecule has 0 unspecified atom stereocenters. The van der Waals surface area contributed by atoms with Gasteiger partial charge in [-0.2, -0.15) is 0 Å². The Morgan fingerprint density at radius 1 is 0.725 bits per heavy atom. The van der Waals surface area contributed by atoms with Crippen LogP contribution in [-0.4, -0.2) is 59.0 Å². The number of para-hydroxylation sites is 2. The van der Waals surface area contributed by atoms with Gasteiger partial charge in [0.15, 0.2) is 0 Å². The Kier molecular flexibility index (Phi) is 27.8. The van der Waals surface area contributed by atoms with Gasteiger partial charge in [-0.05, 0) is 84.0 Å². The quantitative estimate of drug-likeness (QED) is 0.218. The number of hydrogen-bond acceptors (Lipinski definition) is 3. The molecule has 3 rings (SSSR count). The molecule has 40 heavy (non-hydrogen) atoms. The normalized spacial score (nSPS) is 12.2. The van der Waals surface area contributed by atoms with Gasteiger partial charge < -0.3 is 53.7 Å². The number of rotatable bonds is 9. The Hall–Kier alpha value is -0.327. The number of aliphatic imine (C=N–C) groups is 1. The molecule has 0 atom stereocenters. The third-order valence-corrected chi connectivity index (χ3v) is 6.29. The van der Waals surface area contributed by atoms with Gasteiger partial charge in [-0.3, -0.25) is 0 Å². The maximum absolute atomic E-state index is 4.94. The van der Waals surface area contributed by atoms with Gasteiger partial charge in [0.2, 0.25) is 0 Å². The predicted octanol–water partition coefficient (Wildman–Crippen LogP) is 4.01. The Balaban J connectivity index is -0.000000892. The van der Waals surface area contributed by atoms with Gasteiger partial charge in [-0.1, -0.05) is 98.1 Å². The number of halogens is 2. The van der Waals surface area contributed by atoms with Crippen molar-refractivity contribution in [2.45, 2.75) is 106 Å². The SMILES string of the molecule is C1CCOC1.CC(C)c1cccc(C(C)C)c1N=C[N-]c1c(C(C)C)cccc1C(C)C.CCOCC.[Bi+3].[Br-].[Br-]. The van der Waals surface area contributed by atoms with E-state index in [1.165, 1.54) is 35.1 Å². The summed E-state index contributed by atoms with van der Waals surface area (Å²) in [6, 6.07) is 13.0. The van der Waals surface area contributed by atoms with Crippen molar-refractivity contribution in [1.29, 1.82) is 0 Å². The minimum Gasteiger partial charge on any atom is -1.00 e. The first-order valence-corrected chi connectivity index (χ1v) is 14.3. The minimum atomic E-state index is 0. The number of nitrogens with zero attached hydrogens (tertiary/aromatic N) is 2. The number of hydrogen-bond donors (Lipinski definition) is 0. The molecule has 7 heteroatoms. The van der Waals surface area contributed by atoms with Crippen molar-refractivity contribution >= 4 is 43.9 Å². The van der Waals surface area contributed by atoms with Gasteiger partial charge in [0, 0.05) is 26.4 Å². The molecule has 0 aromatic heterocycles. The fourth-order valence-electron chi connectivity index (χ4n) is 4.18. The van der Waals surface area contributed by atoms with Gasteiger partial charge in [-0.15, -0.1) is 0 Å². The van der Waals surface area contributed by atoms with E-state index in [9.17, 15) is 0 Å². The second kappa shape index (κ2) is 25.2. The van der Waals surface area contributed by atoms with Gasteiger partial charge in [0.1, 0.15) is 0 Å². The summed E-state index contributed by atoms with van der Waals surface area (Å²) < 4.78 is 9.78. The van der Waals surface area contributed by atoms with Gasteiger partial charge in [0.05, 0.1) is 0 Å². The summed E-state index contributed by atoms with van der Waals surface area (Å²) in [6.45, 7) is 25.4. The van der Waals surface area contributed by atoms with Crippen molar-refractivity contribution < 1.29 is 43.4 Å². The van der Waals surface area contributed by atoms with Crippen LogP contribution in [0.1, 0.15) is 128 Å². The molecule has 0 saturated carbocycles. The number of ether oxygens (including phenoxy) is 2. The van der Waals surface area contributed by atoms with Crippen molar-refractivity contribution in [3.63, 3.8) is 0 Å². The average Bonchev–Trinajstić information content (AvgIpc) is 3.45. The maximum atomic E-state index is 4.94. The summed E-state index contributed by atoms with van der Waals surface area (Å²) in [7, 11) is 0. The molecule has 1 heterocycles. The second-order valence-corrected chi connectivity index (χ2v) is 10.7. The predicted molar refractivity (Wildman–Crippen MR) is 168 cm³/mol. The molecular weight excluding hydrogens is 825 g/mol. The van der Waals surface area contributed by atoms with Crippen LogP contribution in [0.3, 0.4) is 0 Å². The maximum Gasteiger partial charge on any atom is 3.00 e.